The minimum Gasteiger partial charge on any atom is -0.384 e. The molecular weight excluding hydrogens is 214 g/mol. The predicted molar refractivity (Wildman–Crippen MR) is 70.5 cm³/mol. The summed E-state index contributed by atoms with van der Waals surface area (Å²) in [6.45, 7) is 8.12. The minimum absolute atomic E-state index is 0.0118. The van der Waals surface area contributed by atoms with Crippen LogP contribution in [0.25, 0.3) is 0 Å². The number of pyridine rings is 1. The van der Waals surface area contributed by atoms with Crippen molar-refractivity contribution >= 4 is 17.4 Å². The van der Waals surface area contributed by atoms with Gasteiger partial charge in [0.25, 0.3) is 0 Å². The Morgan fingerprint density at radius 3 is 2.59 bits per heavy atom. The Morgan fingerprint density at radius 1 is 1.47 bits per heavy atom. The predicted octanol–water partition coefficient (Wildman–Crippen LogP) is 2.67. The van der Waals surface area contributed by atoms with Gasteiger partial charge in [-0.15, -0.1) is 0 Å². The smallest absolute Gasteiger partial charge is 0.230 e. The molecule has 4 nitrogen and oxygen atoms in total. The van der Waals surface area contributed by atoms with Crippen LogP contribution in [-0.2, 0) is 4.79 Å². The van der Waals surface area contributed by atoms with Crippen LogP contribution in [-0.4, -0.2) is 10.9 Å². The Bertz CT molecular complexity index is 382. The van der Waals surface area contributed by atoms with Gasteiger partial charge in [0, 0.05) is 5.41 Å². The highest BCUT2D eigenvalue weighted by Gasteiger charge is 2.28. The molecule has 3 N–H and O–H groups in total. The van der Waals surface area contributed by atoms with Gasteiger partial charge in [0.1, 0.15) is 5.82 Å². The fraction of sp³-hybridized carbons (Fsp3) is 0.538. The fourth-order valence-corrected chi connectivity index (χ4v) is 1.89. The number of hydrogen-bond acceptors (Lipinski definition) is 3. The van der Waals surface area contributed by atoms with Crippen molar-refractivity contribution in [3.05, 3.63) is 18.3 Å². The van der Waals surface area contributed by atoms with E-state index in [0.717, 1.165) is 6.42 Å². The maximum absolute atomic E-state index is 12.1. The van der Waals surface area contributed by atoms with Gasteiger partial charge in [-0.1, -0.05) is 27.7 Å². The summed E-state index contributed by atoms with van der Waals surface area (Å²) in [6.07, 6.45) is 2.42. The average molecular weight is 235 g/mol. The zero-order valence-corrected chi connectivity index (χ0v) is 10.9. The molecule has 0 atom stereocenters. The number of hydrogen-bond donors (Lipinski definition) is 2. The van der Waals surface area contributed by atoms with Gasteiger partial charge in [-0.25, -0.2) is 4.98 Å². The molecule has 94 valence electrons. The molecule has 0 radical (unpaired) electrons. The molecule has 4 heteroatoms. The molecule has 0 aromatic carbocycles. The standard InChI is InChI=1S/C13H21N3O/c1-9(2)7-13(3,4)12(17)16-10-5-6-11(14)15-8-10/h5-6,8-9H,7H2,1-4H3,(H2,14,15)(H,16,17). The topological polar surface area (TPSA) is 68.0 Å². The van der Waals surface area contributed by atoms with E-state index in [1.54, 1.807) is 18.3 Å². The number of rotatable bonds is 4. The molecule has 0 unspecified atom stereocenters. The first-order chi connectivity index (χ1) is 7.81. The van der Waals surface area contributed by atoms with Crippen molar-refractivity contribution in [2.75, 3.05) is 11.1 Å². The van der Waals surface area contributed by atoms with E-state index in [2.05, 4.69) is 24.1 Å². The lowest BCUT2D eigenvalue weighted by Gasteiger charge is -2.25. The Hall–Kier alpha value is -1.58. The molecule has 17 heavy (non-hydrogen) atoms. The van der Waals surface area contributed by atoms with Gasteiger partial charge in [-0.05, 0) is 24.5 Å². The van der Waals surface area contributed by atoms with Crippen LogP contribution in [0.3, 0.4) is 0 Å². The second kappa shape index (κ2) is 5.17. The van der Waals surface area contributed by atoms with Gasteiger partial charge in [-0.3, -0.25) is 4.79 Å². The number of nitrogens with zero attached hydrogens (tertiary/aromatic N) is 1. The molecule has 0 aliphatic carbocycles. The van der Waals surface area contributed by atoms with Crippen LogP contribution >= 0.6 is 0 Å². The van der Waals surface area contributed by atoms with Crippen molar-refractivity contribution in [1.82, 2.24) is 4.98 Å². The SMILES string of the molecule is CC(C)CC(C)(C)C(=O)Nc1ccc(N)nc1. The first-order valence-electron chi connectivity index (χ1n) is 5.84. The number of carbonyl (C=O) groups is 1. The first kappa shape index (κ1) is 13.5. The Kier molecular flexibility index (Phi) is 4.10. The van der Waals surface area contributed by atoms with Crippen molar-refractivity contribution in [2.24, 2.45) is 11.3 Å². The van der Waals surface area contributed by atoms with Crippen molar-refractivity contribution in [3.8, 4) is 0 Å². The minimum atomic E-state index is -0.379. The van der Waals surface area contributed by atoms with Crippen LogP contribution in [0.15, 0.2) is 18.3 Å². The third-order valence-corrected chi connectivity index (χ3v) is 2.58. The van der Waals surface area contributed by atoms with E-state index in [0.29, 0.717) is 17.4 Å². The second-order valence-electron chi connectivity index (χ2n) is 5.41. The van der Waals surface area contributed by atoms with E-state index in [-0.39, 0.29) is 11.3 Å². The quantitative estimate of drug-likeness (QED) is 0.843. The molecule has 1 rings (SSSR count). The zero-order chi connectivity index (χ0) is 13.1. The second-order valence-corrected chi connectivity index (χ2v) is 5.41. The fourth-order valence-electron chi connectivity index (χ4n) is 1.89. The van der Waals surface area contributed by atoms with Crippen molar-refractivity contribution in [3.63, 3.8) is 0 Å². The maximum atomic E-state index is 12.1. The summed E-state index contributed by atoms with van der Waals surface area (Å²) in [6, 6.07) is 3.43. The Morgan fingerprint density at radius 2 is 2.12 bits per heavy atom. The summed E-state index contributed by atoms with van der Waals surface area (Å²) in [7, 11) is 0. The van der Waals surface area contributed by atoms with E-state index >= 15 is 0 Å². The lowest BCUT2D eigenvalue weighted by atomic mass is 9.83. The van der Waals surface area contributed by atoms with E-state index in [4.69, 9.17) is 5.73 Å². The van der Waals surface area contributed by atoms with E-state index in [1.807, 2.05) is 13.8 Å². The van der Waals surface area contributed by atoms with E-state index in [1.165, 1.54) is 0 Å². The van der Waals surface area contributed by atoms with Gasteiger partial charge in [-0.2, -0.15) is 0 Å². The van der Waals surface area contributed by atoms with Crippen LogP contribution in [0.4, 0.5) is 11.5 Å². The van der Waals surface area contributed by atoms with Crippen LogP contribution in [0.1, 0.15) is 34.1 Å². The number of carbonyl (C=O) groups excluding carboxylic acids is 1. The molecule has 0 aliphatic rings. The third-order valence-electron chi connectivity index (χ3n) is 2.58. The number of aromatic nitrogens is 1. The van der Waals surface area contributed by atoms with Crippen LogP contribution < -0.4 is 11.1 Å². The molecule has 1 heterocycles. The summed E-state index contributed by atoms with van der Waals surface area (Å²) in [4.78, 5) is 16.0. The van der Waals surface area contributed by atoms with Crippen molar-refractivity contribution in [2.45, 2.75) is 34.1 Å². The summed E-state index contributed by atoms with van der Waals surface area (Å²) >= 11 is 0. The highest BCUT2D eigenvalue weighted by atomic mass is 16.2. The average Bonchev–Trinajstić information content (AvgIpc) is 2.19. The molecule has 0 fully saturated rings. The molecule has 0 saturated carbocycles. The Labute approximate surface area is 103 Å². The lowest BCUT2D eigenvalue weighted by molar-refractivity contribution is -0.124. The van der Waals surface area contributed by atoms with Crippen LogP contribution in [0.5, 0.6) is 0 Å². The van der Waals surface area contributed by atoms with Gasteiger partial charge >= 0.3 is 0 Å². The molecule has 1 amide bonds. The van der Waals surface area contributed by atoms with E-state index < -0.39 is 0 Å². The van der Waals surface area contributed by atoms with E-state index in [9.17, 15) is 4.79 Å². The summed E-state index contributed by atoms with van der Waals surface area (Å²) < 4.78 is 0. The molecule has 1 aromatic heterocycles. The highest BCUT2D eigenvalue weighted by molar-refractivity contribution is 5.94. The Balaban J connectivity index is 2.68. The molecule has 0 bridgehead atoms. The third kappa shape index (κ3) is 4.06. The maximum Gasteiger partial charge on any atom is 0.230 e. The number of amides is 1. The molecule has 1 aromatic rings. The van der Waals surface area contributed by atoms with Gasteiger partial charge in [0.2, 0.25) is 5.91 Å². The van der Waals surface area contributed by atoms with Crippen LogP contribution in [0, 0.1) is 11.3 Å². The summed E-state index contributed by atoms with van der Waals surface area (Å²) in [5.41, 5.74) is 5.79. The van der Waals surface area contributed by atoms with Crippen molar-refractivity contribution < 1.29 is 4.79 Å². The number of nitrogen functional groups attached to an aromatic ring is 1. The monoisotopic (exact) mass is 235 g/mol. The number of anilines is 2. The first-order valence-corrected chi connectivity index (χ1v) is 5.84. The molecular formula is C13H21N3O. The van der Waals surface area contributed by atoms with Crippen molar-refractivity contribution in [1.29, 1.82) is 0 Å². The number of nitrogens with one attached hydrogen (secondary N) is 1. The number of nitrogens with two attached hydrogens (primary N) is 1. The lowest BCUT2D eigenvalue weighted by Crippen LogP contribution is -2.32. The summed E-state index contributed by atoms with van der Waals surface area (Å²) in [5.74, 6) is 0.947. The normalized spacial score (nSPS) is 11.6. The van der Waals surface area contributed by atoms with Gasteiger partial charge < -0.3 is 11.1 Å². The zero-order valence-electron chi connectivity index (χ0n) is 10.9. The molecule has 0 saturated heterocycles. The highest BCUT2D eigenvalue weighted by Crippen LogP contribution is 2.26. The van der Waals surface area contributed by atoms with Gasteiger partial charge in [0.05, 0.1) is 11.9 Å². The van der Waals surface area contributed by atoms with Gasteiger partial charge in [0.15, 0.2) is 0 Å². The molecule has 0 spiro atoms. The summed E-state index contributed by atoms with van der Waals surface area (Å²) in [5, 5.41) is 2.86. The molecule has 0 aliphatic heterocycles. The largest absolute Gasteiger partial charge is 0.384 e. The van der Waals surface area contributed by atoms with Crippen LogP contribution in [0.2, 0.25) is 0 Å².